The van der Waals surface area contributed by atoms with E-state index in [9.17, 15) is 19.8 Å². The summed E-state index contributed by atoms with van der Waals surface area (Å²) in [5.41, 5.74) is -5.52. The third-order valence-corrected chi connectivity index (χ3v) is 3.18. The van der Waals surface area contributed by atoms with Gasteiger partial charge in [-0.2, -0.15) is 0 Å². The summed E-state index contributed by atoms with van der Waals surface area (Å²) >= 11 is 0. The quantitative estimate of drug-likeness (QED) is 0.430. The lowest BCUT2D eigenvalue weighted by Gasteiger charge is -2.36. The first-order chi connectivity index (χ1) is 6.85. The molecular formula is C8H10O7. The molecule has 2 aliphatic heterocycles. The van der Waals surface area contributed by atoms with E-state index in [1.165, 1.54) is 0 Å². The number of carbonyl (C=O) groups is 2. The smallest absolute Gasteiger partial charge is 0.342 e. The summed E-state index contributed by atoms with van der Waals surface area (Å²) in [6.45, 7) is 0. The highest BCUT2D eigenvalue weighted by molar-refractivity contribution is 5.93. The molecule has 0 aromatic rings. The molecule has 0 saturated carbocycles. The Kier molecular flexibility index (Phi) is 1.85. The Balaban J connectivity index is 2.53. The van der Waals surface area contributed by atoms with Gasteiger partial charge in [0.2, 0.25) is 11.2 Å². The molecule has 2 heterocycles. The fraction of sp³-hybridized carbons (Fsp3) is 0.750. The molecule has 84 valence electrons. The summed E-state index contributed by atoms with van der Waals surface area (Å²) < 4.78 is 4.96. The van der Waals surface area contributed by atoms with E-state index in [0.29, 0.717) is 0 Å². The van der Waals surface area contributed by atoms with Crippen LogP contribution in [0.15, 0.2) is 0 Å². The van der Waals surface area contributed by atoms with E-state index in [1.54, 1.807) is 0 Å². The van der Waals surface area contributed by atoms with Crippen LogP contribution in [0.25, 0.3) is 0 Å². The Morgan fingerprint density at radius 3 is 1.60 bits per heavy atom. The zero-order chi connectivity index (χ0) is 11.4. The molecule has 0 spiro atoms. The minimum absolute atomic E-state index is 0.225. The molecule has 0 amide bonds. The number of hydrogen-bond donors (Lipinski definition) is 4. The topological polar surface area (TPSA) is 124 Å². The molecule has 0 aliphatic carbocycles. The summed E-state index contributed by atoms with van der Waals surface area (Å²) in [5, 5.41) is 37.2. The summed E-state index contributed by atoms with van der Waals surface area (Å²) in [6.07, 6.45) is -1.88. The van der Waals surface area contributed by atoms with Crippen LogP contribution in [0, 0.1) is 0 Å². The van der Waals surface area contributed by atoms with Gasteiger partial charge in [-0.05, 0) is 12.8 Å². The van der Waals surface area contributed by atoms with Crippen LogP contribution in [-0.2, 0) is 14.3 Å². The summed E-state index contributed by atoms with van der Waals surface area (Å²) in [4.78, 5) is 21.8. The van der Waals surface area contributed by atoms with Crippen molar-refractivity contribution < 1.29 is 34.8 Å². The van der Waals surface area contributed by atoms with E-state index in [-0.39, 0.29) is 12.8 Å². The number of carboxylic acid groups (broad SMARTS) is 2. The SMILES string of the molecule is O=C(O)C1(O)C2CCC(O2)C1(O)C(=O)O. The van der Waals surface area contributed by atoms with E-state index in [4.69, 9.17) is 14.9 Å². The first-order valence-corrected chi connectivity index (χ1v) is 4.42. The molecule has 15 heavy (non-hydrogen) atoms. The summed E-state index contributed by atoms with van der Waals surface area (Å²) in [6, 6.07) is 0. The van der Waals surface area contributed by atoms with Gasteiger partial charge in [0.15, 0.2) is 0 Å². The lowest BCUT2D eigenvalue weighted by molar-refractivity contribution is -0.207. The lowest BCUT2D eigenvalue weighted by Crippen LogP contribution is -2.69. The van der Waals surface area contributed by atoms with Gasteiger partial charge in [-0.1, -0.05) is 0 Å². The van der Waals surface area contributed by atoms with Crippen molar-refractivity contribution in [3.05, 3.63) is 0 Å². The highest BCUT2D eigenvalue weighted by atomic mass is 16.6. The largest absolute Gasteiger partial charge is 0.479 e. The summed E-state index contributed by atoms with van der Waals surface area (Å²) in [5.74, 6) is -3.56. The van der Waals surface area contributed by atoms with Crippen molar-refractivity contribution in [1.82, 2.24) is 0 Å². The van der Waals surface area contributed by atoms with Crippen molar-refractivity contribution in [3.63, 3.8) is 0 Å². The average Bonchev–Trinajstić information content (AvgIpc) is 2.69. The number of fused-ring (bicyclic) bond motifs is 2. The van der Waals surface area contributed by atoms with Crippen LogP contribution < -0.4 is 0 Å². The molecule has 2 rings (SSSR count). The van der Waals surface area contributed by atoms with Gasteiger partial charge >= 0.3 is 11.9 Å². The van der Waals surface area contributed by atoms with Gasteiger partial charge in [0.1, 0.15) is 12.2 Å². The average molecular weight is 218 g/mol. The van der Waals surface area contributed by atoms with Crippen LogP contribution in [0.4, 0.5) is 0 Å². The number of carboxylic acids is 2. The number of hydrogen-bond acceptors (Lipinski definition) is 5. The number of rotatable bonds is 2. The normalized spacial score (nSPS) is 48.1. The minimum Gasteiger partial charge on any atom is -0.479 e. The fourth-order valence-corrected chi connectivity index (χ4v) is 2.34. The zero-order valence-corrected chi connectivity index (χ0v) is 7.58. The Labute approximate surface area is 83.9 Å². The standard InChI is InChI=1S/C8H10O7/c9-5(10)7(13)3-1-2-4(15-3)8(7,14)6(11)12/h3-4,13-14H,1-2H2,(H,9,10)(H,11,12). The first kappa shape index (κ1) is 10.3. The zero-order valence-electron chi connectivity index (χ0n) is 7.58. The van der Waals surface area contributed by atoms with Gasteiger partial charge in [0.05, 0.1) is 0 Å². The summed E-state index contributed by atoms with van der Waals surface area (Å²) in [7, 11) is 0. The molecule has 0 aromatic heterocycles. The molecule has 2 bridgehead atoms. The maximum absolute atomic E-state index is 10.9. The van der Waals surface area contributed by atoms with E-state index >= 15 is 0 Å². The van der Waals surface area contributed by atoms with Crippen molar-refractivity contribution in [2.45, 2.75) is 36.3 Å². The van der Waals surface area contributed by atoms with Crippen LogP contribution in [-0.4, -0.2) is 55.8 Å². The third-order valence-electron chi connectivity index (χ3n) is 3.18. The molecule has 7 nitrogen and oxygen atoms in total. The molecule has 2 aliphatic rings. The van der Waals surface area contributed by atoms with Gasteiger partial charge in [-0.15, -0.1) is 0 Å². The van der Waals surface area contributed by atoms with Crippen LogP contribution in [0.2, 0.25) is 0 Å². The van der Waals surface area contributed by atoms with Gasteiger partial charge in [0, 0.05) is 0 Å². The van der Waals surface area contributed by atoms with Crippen molar-refractivity contribution in [2.75, 3.05) is 0 Å². The number of aliphatic carboxylic acids is 2. The van der Waals surface area contributed by atoms with Crippen molar-refractivity contribution >= 4 is 11.9 Å². The number of aliphatic hydroxyl groups is 2. The fourth-order valence-electron chi connectivity index (χ4n) is 2.34. The second kappa shape index (κ2) is 2.69. The van der Waals surface area contributed by atoms with Crippen LogP contribution in [0.1, 0.15) is 12.8 Å². The molecule has 7 heteroatoms. The van der Waals surface area contributed by atoms with Crippen molar-refractivity contribution in [2.24, 2.45) is 0 Å². The number of ether oxygens (including phenoxy) is 1. The van der Waals surface area contributed by atoms with E-state index in [1.807, 2.05) is 0 Å². The maximum Gasteiger partial charge on any atom is 0.342 e. The molecule has 4 unspecified atom stereocenters. The monoisotopic (exact) mass is 218 g/mol. The Hall–Kier alpha value is -1.18. The Morgan fingerprint density at radius 2 is 1.33 bits per heavy atom. The van der Waals surface area contributed by atoms with E-state index in [2.05, 4.69) is 0 Å². The Bertz CT molecular complexity index is 308. The van der Waals surface area contributed by atoms with Crippen molar-refractivity contribution in [1.29, 1.82) is 0 Å². The second-order valence-corrected chi connectivity index (χ2v) is 3.83. The molecule has 2 saturated heterocycles. The minimum atomic E-state index is -2.76. The van der Waals surface area contributed by atoms with Gasteiger partial charge in [0.25, 0.3) is 0 Å². The van der Waals surface area contributed by atoms with Crippen LogP contribution in [0.5, 0.6) is 0 Å². The highest BCUT2D eigenvalue weighted by Crippen LogP contribution is 2.49. The first-order valence-electron chi connectivity index (χ1n) is 4.42. The Morgan fingerprint density at radius 1 is 1.00 bits per heavy atom. The molecule has 0 aromatic carbocycles. The second-order valence-electron chi connectivity index (χ2n) is 3.83. The van der Waals surface area contributed by atoms with Crippen LogP contribution >= 0.6 is 0 Å². The molecule has 4 N–H and O–H groups in total. The highest BCUT2D eigenvalue weighted by Gasteiger charge is 2.76. The van der Waals surface area contributed by atoms with Gasteiger partial charge in [-0.3, -0.25) is 0 Å². The van der Waals surface area contributed by atoms with Crippen LogP contribution in [0.3, 0.4) is 0 Å². The molecule has 2 fully saturated rings. The van der Waals surface area contributed by atoms with Gasteiger partial charge < -0.3 is 25.2 Å². The van der Waals surface area contributed by atoms with E-state index < -0.39 is 35.3 Å². The van der Waals surface area contributed by atoms with Crippen molar-refractivity contribution in [3.8, 4) is 0 Å². The lowest BCUT2D eigenvalue weighted by atomic mass is 9.71. The van der Waals surface area contributed by atoms with Gasteiger partial charge in [-0.25, -0.2) is 9.59 Å². The third kappa shape index (κ3) is 0.901. The maximum atomic E-state index is 10.9. The predicted octanol–water partition coefficient (Wildman–Crippen LogP) is -1.82. The predicted molar refractivity (Wildman–Crippen MR) is 43.1 cm³/mol. The van der Waals surface area contributed by atoms with E-state index in [0.717, 1.165) is 0 Å². The molecule has 4 atom stereocenters. The molecular weight excluding hydrogens is 208 g/mol. The molecule has 0 radical (unpaired) electrons.